The molecule has 2 aromatic carbocycles. The number of fused-ring (bicyclic) bond motifs is 2. The van der Waals surface area contributed by atoms with Crippen LogP contribution in [-0.4, -0.2) is 15.5 Å². The Labute approximate surface area is 140 Å². The maximum absolute atomic E-state index is 12.7. The van der Waals surface area contributed by atoms with Gasteiger partial charge in [-0.2, -0.15) is 4.99 Å². The van der Waals surface area contributed by atoms with Gasteiger partial charge in [-0.15, -0.1) is 0 Å². The summed E-state index contributed by atoms with van der Waals surface area (Å²) in [5, 5.41) is 0.689. The third-order valence-electron chi connectivity index (χ3n) is 3.89. The van der Waals surface area contributed by atoms with Gasteiger partial charge in [-0.05, 0) is 18.2 Å². The van der Waals surface area contributed by atoms with Crippen molar-refractivity contribution in [3.8, 4) is 0 Å². The highest BCUT2D eigenvalue weighted by Crippen LogP contribution is 2.17. The minimum Gasteiger partial charge on any atom is -0.322 e. The predicted octanol–water partition coefficient (Wildman–Crippen LogP) is 2.82. The Hall–Kier alpha value is -2.99. The summed E-state index contributed by atoms with van der Waals surface area (Å²) in [6.07, 6.45) is 0. The van der Waals surface area contributed by atoms with Crippen molar-refractivity contribution in [2.45, 2.75) is 0 Å². The maximum Gasteiger partial charge on any atom is 0.280 e. The Morgan fingerprint density at radius 2 is 1.88 bits per heavy atom. The summed E-state index contributed by atoms with van der Waals surface area (Å²) >= 11 is 1.45. The van der Waals surface area contributed by atoms with Crippen LogP contribution in [0, 0.1) is 0 Å². The van der Waals surface area contributed by atoms with Crippen molar-refractivity contribution in [2.75, 3.05) is 0 Å². The van der Waals surface area contributed by atoms with Crippen LogP contribution >= 0.6 is 11.3 Å². The fourth-order valence-corrected chi connectivity index (χ4v) is 3.73. The molecule has 0 saturated carbocycles. The number of hydrogen-bond acceptors (Lipinski definition) is 3. The summed E-state index contributed by atoms with van der Waals surface area (Å²) in [6, 6.07) is 16.4. The highest BCUT2D eigenvalue weighted by molar-refractivity contribution is 7.16. The second-order valence-corrected chi connectivity index (χ2v) is 6.43. The number of rotatable bonds is 1. The highest BCUT2D eigenvalue weighted by Gasteiger charge is 2.12. The molecule has 2 heterocycles. The van der Waals surface area contributed by atoms with E-state index in [1.807, 2.05) is 48.0 Å². The molecule has 4 rings (SSSR count). The fraction of sp³-hybridized carbons (Fsp3) is 0.0556. The van der Waals surface area contributed by atoms with E-state index in [1.165, 1.54) is 17.4 Å². The average molecular weight is 335 g/mol. The number of pyridine rings is 1. The molecule has 5 nitrogen and oxygen atoms in total. The number of carbonyl (C=O) groups excluding carboxylic acids is 1. The highest BCUT2D eigenvalue weighted by atomic mass is 32.1. The van der Waals surface area contributed by atoms with Crippen LogP contribution in [0.2, 0.25) is 0 Å². The lowest BCUT2D eigenvalue weighted by atomic mass is 10.1. The first-order valence-electron chi connectivity index (χ1n) is 7.39. The first-order valence-corrected chi connectivity index (χ1v) is 8.21. The Kier molecular flexibility index (Phi) is 3.39. The summed E-state index contributed by atoms with van der Waals surface area (Å²) in [5.41, 5.74) is 1.65. The van der Waals surface area contributed by atoms with E-state index in [-0.39, 0.29) is 5.56 Å². The Balaban J connectivity index is 1.93. The van der Waals surface area contributed by atoms with Gasteiger partial charge in [-0.1, -0.05) is 41.7 Å². The van der Waals surface area contributed by atoms with Crippen molar-refractivity contribution in [1.29, 1.82) is 0 Å². The van der Waals surface area contributed by atoms with E-state index < -0.39 is 5.91 Å². The molecular formula is C18H13N3O2S. The largest absolute Gasteiger partial charge is 0.322 e. The second-order valence-electron chi connectivity index (χ2n) is 5.42. The number of carbonyl (C=O) groups is 1. The smallest absolute Gasteiger partial charge is 0.280 e. The normalized spacial score (nSPS) is 12.1. The quantitative estimate of drug-likeness (QED) is 0.581. The second kappa shape index (κ2) is 5.58. The number of para-hydroxylation sites is 2. The molecule has 0 unspecified atom stereocenters. The molecule has 0 atom stereocenters. The number of hydrogen-bond donors (Lipinski definition) is 1. The average Bonchev–Trinajstić information content (AvgIpc) is 2.90. The van der Waals surface area contributed by atoms with Crippen LogP contribution in [0.1, 0.15) is 10.4 Å². The molecular weight excluding hydrogens is 322 g/mol. The van der Waals surface area contributed by atoms with Crippen LogP contribution < -0.4 is 10.4 Å². The van der Waals surface area contributed by atoms with Crippen molar-refractivity contribution < 1.29 is 4.79 Å². The van der Waals surface area contributed by atoms with Crippen LogP contribution in [-0.2, 0) is 7.05 Å². The maximum atomic E-state index is 12.7. The number of benzene rings is 2. The molecule has 2 aromatic heterocycles. The number of nitrogens with zero attached hydrogens (tertiary/aromatic N) is 2. The Morgan fingerprint density at radius 1 is 1.12 bits per heavy atom. The van der Waals surface area contributed by atoms with Crippen molar-refractivity contribution in [3.63, 3.8) is 0 Å². The van der Waals surface area contributed by atoms with Gasteiger partial charge >= 0.3 is 0 Å². The summed E-state index contributed by atoms with van der Waals surface area (Å²) < 4.78 is 2.94. The molecule has 0 bridgehead atoms. The summed E-state index contributed by atoms with van der Waals surface area (Å²) in [5.74, 6) is -0.417. The summed E-state index contributed by atoms with van der Waals surface area (Å²) in [4.78, 5) is 32.1. The number of amides is 1. The van der Waals surface area contributed by atoms with E-state index in [1.54, 1.807) is 12.1 Å². The van der Waals surface area contributed by atoms with Gasteiger partial charge in [0.1, 0.15) is 0 Å². The molecule has 0 spiro atoms. The molecule has 0 aliphatic rings. The van der Waals surface area contributed by atoms with E-state index in [0.29, 0.717) is 21.3 Å². The summed E-state index contributed by atoms with van der Waals surface area (Å²) in [6.45, 7) is 0. The number of aromatic nitrogens is 2. The molecule has 0 fully saturated rings. The lowest BCUT2D eigenvalue weighted by Gasteiger charge is -2.02. The van der Waals surface area contributed by atoms with Gasteiger partial charge in [0.15, 0.2) is 4.80 Å². The van der Waals surface area contributed by atoms with Crippen LogP contribution in [0.5, 0.6) is 0 Å². The molecule has 6 heteroatoms. The van der Waals surface area contributed by atoms with Gasteiger partial charge in [-0.3, -0.25) is 9.59 Å². The van der Waals surface area contributed by atoms with E-state index in [9.17, 15) is 9.59 Å². The van der Waals surface area contributed by atoms with Crippen LogP contribution in [0.3, 0.4) is 0 Å². The molecule has 1 N–H and O–H groups in total. The number of aromatic amines is 1. The molecule has 24 heavy (non-hydrogen) atoms. The van der Waals surface area contributed by atoms with Gasteiger partial charge < -0.3 is 9.55 Å². The van der Waals surface area contributed by atoms with Gasteiger partial charge in [-0.25, -0.2) is 0 Å². The third kappa shape index (κ3) is 2.37. The van der Waals surface area contributed by atoms with Gasteiger partial charge in [0.05, 0.1) is 15.8 Å². The van der Waals surface area contributed by atoms with Crippen molar-refractivity contribution in [2.24, 2.45) is 12.0 Å². The van der Waals surface area contributed by atoms with Gasteiger partial charge in [0.25, 0.3) is 5.91 Å². The minimum absolute atomic E-state index is 0.312. The van der Waals surface area contributed by atoms with Crippen LogP contribution in [0.4, 0.5) is 0 Å². The first-order chi connectivity index (χ1) is 11.6. The Bertz CT molecular complexity index is 1210. The van der Waals surface area contributed by atoms with E-state index >= 15 is 0 Å². The molecule has 0 aliphatic carbocycles. The third-order valence-corrected chi connectivity index (χ3v) is 5.01. The fourth-order valence-electron chi connectivity index (χ4n) is 2.72. The van der Waals surface area contributed by atoms with E-state index in [2.05, 4.69) is 9.98 Å². The van der Waals surface area contributed by atoms with Crippen molar-refractivity contribution >= 4 is 38.4 Å². The summed E-state index contributed by atoms with van der Waals surface area (Å²) in [7, 11) is 1.88. The monoisotopic (exact) mass is 335 g/mol. The molecule has 118 valence electrons. The minimum atomic E-state index is -0.417. The van der Waals surface area contributed by atoms with Crippen LogP contribution in [0.15, 0.2) is 64.4 Å². The van der Waals surface area contributed by atoms with E-state index in [4.69, 9.17) is 0 Å². The Morgan fingerprint density at radius 3 is 2.71 bits per heavy atom. The number of H-pyrrole nitrogens is 1. The van der Waals surface area contributed by atoms with Gasteiger partial charge in [0.2, 0.25) is 5.56 Å². The molecule has 0 radical (unpaired) electrons. The molecule has 1 amide bonds. The topological polar surface area (TPSA) is 67.2 Å². The molecule has 0 aliphatic heterocycles. The lowest BCUT2D eigenvalue weighted by Crippen LogP contribution is -2.15. The lowest BCUT2D eigenvalue weighted by molar-refractivity contribution is 0.0999. The zero-order valence-corrected chi connectivity index (χ0v) is 13.6. The number of thiazole rings is 1. The first kappa shape index (κ1) is 14.6. The molecule has 4 aromatic rings. The van der Waals surface area contributed by atoms with Crippen molar-refractivity contribution in [1.82, 2.24) is 9.55 Å². The predicted molar refractivity (Wildman–Crippen MR) is 95.3 cm³/mol. The zero-order chi connectivity index (χ0) is 16.7. The number of nitrogens with one attached hydrogen (secondary N) is 1. The molecule has 0 saturated heterocycles. The van der Waals surface area contributed by atoms with Crippen molar-refractivity contribution in [3.05, 3.63) is 75.3 Å². The standard InChI is InChI=1S/C18H13N3O2S/c1-21-14-8-4-5-9-15(14)24-18(21)20-17(23)12-10-16(22)19-13-7-3-2-6-11(12)13/h2-10H,1H3,(H,19,22). The zero-order valence-electron chi connectivity index (χ0n) is 12.8. The number of aryl methyl sites for hydroxylation is 1. The van der Waals surface area contributed by atoms with E-state index in [0.717, 1.165) is 10.2 Å². The van der Waals surface area contributed by atoms with Gasteiger partial charge in [0, 0.05) is 24.0 Å². The van der Waals surface area contributed by atoms with Crippen LogP contribution in [0.25, 0.3) is 21.1 Å². The SMILES string of the molecule is Cn1c(=NC(=O)c2cc(=O)[nH]c3ccccc23)sc2ccccc21.